The first-order valence-corrected chi connectivity index (χ1v) is 12.6. The van der Waals surface area contributed by atoms with Crippen molar-refractivity contribution in [2.45, 2.75) is 46.0 Å². The number of aryl methyl sites for hydroxylation is 1. The van der Waals surface area contributed by atoms with E-state index in [0.717, 1.165) is 40.5 Å². The molecule has 5 rings (SSSR count). The molecule has 2 aromatic rings. The quantitative estimate of drug-likeness (QED) is 0.531. The Morgan fingerprint density at radius 3 is 2.71 bits per heavy atom. The molecule has 3 heterocycles. The van der Waals surface area contributed by atoms with Crippen molar-refractivity contribution in [3.05, 3.63) is 51.8 Å². The first-order chi connectivity index (χ1) is 16.4. The highest BCUT2D eigenvalue weighted by Gasteiger charge is 2.38. The number of benzene rings is 1. The third kappa shape index (κ3) is 3.99. The van der Waals surface area contributed by atoms with Crippen molar-refractivity contribution in [2.75, 3.05) is 7.11 Å². The molecule has 1 aromatic carbocycles. The van der Waals surface area contributed by atoms with Crippen molar-refractivity contribution in [2.24, 2.45) is 16.0 Å². The van der Waals surface area contributed by atoms with Crippen LogP contribution in [0.5, 0.6) is 5.75 Å². The van der Waals surface area contributed by atoms with Gasteiger partial charge in [-0.25, -0.2) is 0 Å². The molecule has 0 bridgehead atoms. The lowest BCUT2D eigenvalue weighted by Gasteiger charge is -2.20. The highest BCUT2D eigenvalue weighted by atomic mass is 35.5. The number of carbonyl (C=O) groups excluding carboxylic acids is 1. The number of amidine groups is 2. The Bertz CT molecular complexity index is 1290. The molecule has 176 valence electrons. The normalized spacial score (nSPS) is 20.0. The van der Waals surface area contributed by atoms with E-state index in [0.29, 0.717) is 21.9 Å². The number of rotatable bonds is 4. The minimum Gasteiger partial charge on any atom is -0.495 e. The van der Waals surface area contributed by atoms with Crippen LogP contribution in [0.15, 0.2) is 39.9 Å². The number of thioether (sulfide) groups is 1. The minimum absolute atomic E-state index is 0.0680. The molecule has 1 saturated carbocycles. The van der Waals surface area contributed by atoms with Crippen LogP contribution in [-0.4, -0.2) is 38.6 Å². The Morgan fingerprint density at radius 2 is 1.97 bits per heavy atom. The van der Waals surface area contributed by atoms with Gasteiger partial charge in [-0.2, -0.15) is 15.1 Å². The molecule has 0 spiro atoms. The van der Waals surface area contributed by atoms with Gasteiger partial charge >= 0.3 is 0 Å². The van der Waals surface area contributed by atoms with Crippen molar-refractivity contribution in [1.29, 1.82) is 5.41 Å². The summed E-state index contributed by atoms with van der Waals surface area (Å²) >= 11 is 7.70. The maximum Gasteiger partial charge on any atom is 0.283 e. The largest absolute Gasteiger partial charge is 0.495 e. The zero-order chi connectivity index (χ0) is 24.0. The van der Waals surface area contributed by atoms with Crippen molar-refractivity contribution in [1.82, 2.24) is 9.58 Å². The summed E-state index contributed by atoms with van der Waals surface area (Å²) in [5.74, 6) is 0.751. The number of aliphatic imine (C=N–C) groups is 1. The van der Waals surface area contributed by atoms with Crippen molar-refractivity contribution in [3.63, 3.8) is 0 Å². The van der Waals surface area contributed by atoms with Crippen LogP contribution in [0.1, 0.15) is 49.1 Å². The van der Waals surface area contributed by atoms with Gasteiger partial charge in [-0.15, -0.1) is 0 Å². The highest BCUT2D eigenvalue weighted by molar-refractivity contribution is 8.27. The minimum atomic E-state index is -0.408. The summed E-state index contributed by atoms with van der Waals surface area (Å²) in [5.41, 5.74) is 3.74. The number of nitrogens with zero attached hydrogens (tertiary/aromatic N) is 4. The summed E-state index contributed by atoms with van der Waals surface area (Å²) in [5, 5.41) is 17.0. The van der Waals surface area contributed by atoms with Gasteiger partial charge in [0.05, 0.1) is 18.4 Å². The number of carbonyl (C=O) groups is 1. The Morgan fingerprint density at radius 1 is 1.21 bits per heavy atom. The fourth-order valence-corrected chi connectivity index (χ4v) is 6.04. The van der Waals surface area contributed by atoms with Gasteiger partial charge < -0.3 is 9.30 Å². The third-order valence-electron chi connectivity index (χ3n) is 6.58. The predicted molar refractivity (Wildman–Crippen MR) is 138 cm³/mol. The second-order valence-electron chi connectivity index (χ2n) is 8.77. The van der Waals surface area contributed by atoms with Crippen LogP contribution in [0.25, 0.3) is 11.8 Å². The Labute approximate surface area is 208 Å². The number of hydrazone groups is 1. The molecule has 0 saturated heterocycles. The summed E-state index contributed by atoms with van der Waals surface area (Å²) in [6.07, 6.45) is 7.61. The van der Waals surface area contributed by atoms with E-state index in [9.17, 15) is 4.79 Å². The average molecular weight is 496 g/mol. The molecule has 2 aliphatic heterocycles. The molecule has 1 N–H and O–H groups in total. The van der Waals surface area contributed by atoms with E-state index in [2.05, 4.69) is 4.99 Å². The molecule has 9 heteroatoms. The molecular weight excluding hydrogens is 470 g/mol. The van der Waals surface area contributed by atoms with Crippen LogP contribution in [0.3, 0.4) is 0 Å². The molecule has 34 heavy (non-hydrogen) atoms. The summed E-state index contributed by atoms with van der Waals surface area (Å²) < 4.78 is 7.58. The van der Waals surface area contributed by atoms with Crippen LogP contribution in [0.2, 0.25) is 5.02 Å². The van der Waals surface area contributed by atoms with Gasteiger partial charge in [0.2, 0.25) is 5.17 Å². The number of aromatic nitrogens is 1. The summed E-state index contributed by atoms with van der Waals surface area (Å²) in [6, 6.07) is 7.45. The summed E-state index contributed by atoms with van der Waals surface area (Å²) in [4.78, 5) is 17.2. The van der Waals surface area contributed by atoms with Crippen LogP contribution in [0, 0.1) is 25.2 Å². The summed E-state index contributed by atoms with van der Waals surface area (Å²) in [6.45, 7) is 3.95. The summed E-state index contributed by atoms with van der Waals surface area (Å²) in [7, 11) is 1.62. The topological polar surface area (TPSA) is 83.0 Å². The van der Waals surface area contributed by atoms with Crippen molar-refractivity contribution >= 4 is 51.4 Å². The zero-order valence-corrected chi connectivity index (χ0v) is 21.0. The monoisotopic (exact) mass is 495 g/mol. The predicted octanol–water partition coefficient (Wildman–Crippen LogP) is 5.96. The number of methoxy groups -OCH3 is 1. The molecule has 1 fully saturated rings. The van der Waals surface area contributed by atoms with Crippen LogP contribution < -0.4 is 4.74 Å². The van der Waals surface area contributed by atoms with E-state index < -0.39 is 5.91 Å². The van der Waals surface area contributed by atoms with E-state index in [1.54, 1.807) is 19.3 Å². The number of ether oxygens (including phenoxy) is 1. The standard InChI is InChI=1S/C25H26ClN5O2S/c1-14-11-17(15(2)30(14)20-13-18(26)9-10-21(20)33-3)12-19-22(27)31-25(28-23(19)32)34-24(29-31)16-7-5-4-6-8-16/h9-13,16,27H,4-8H2,1-3H3. The van der Waals surface area contributed by atoms with Gasteiger partial charge in [0.25, 0.3) is 5.91 Å². The van der Waals surface area contributed by atoms with Gasteiger partial charge in [0.15, 0.2) is 5.84 Å². The second kappa shape index (κ2) is 9.07. The number of halogens is 1. The van der Waals surface area contributed by atoms with Gasteiger partial charge in [0.1, 0.15) is 10.8 Å². The van der Waals surface area contributed by atoms with E-state index in [1.165, 1.54) is 36.0 Å². The number of hydrogen-bond acceptors (Lipinski definition) is 5. The first kappa shape index (κ1) is 22.9. The lowest BCUT2D eigenvalue weighted by Crippen LogP contribution is -2.35. The van der Waals surface area contributed by atoms with Crippen molar-refractivity contribution in [3.8, 4) is 11.4 Å². The van der Waals surface area contributed by atoms with E-state index in [-0.39, 0.29) is 11.4 Å². The molecule has 0 radical (unpaired) electrons. The molecule has 1 aliphatic carbocycles. The third-order valence-corrected chi connectivity index (χ3v) is 7.88. The molecular formula is C25H26ClN5O2S. The molecule has 1 amide bonds. The van der Waals surface area contributed by atoms with E-state index in [4.69, 9.17) is 26.8 Å². The van der Waals surface area contributed by atoms with E-state index >= 15 is 0 Å². The second-order valence-corrected chi connectivity index (χ2v) is 10.2. The Balaban J connectivity index is 1.50. The van der Waals surface area contributed by atoms with Gasteiger partial charge in [-0.05, 0) is 74.4 Å². The number of fused-ring (bicyclic) bond motifs is 1. The fourth-order valence-electron chi connectivity index (χ4n) is 4.82. The molecule has 7 nitrogen and oxygen atoms in total. The lowest BCUT2D eigenvalue weighted by molar-refractivity contribution is -0.114. The molecule has 3 aliphatic rings. The fraction of sp³-hybridized carbons (Fsp3) is 0.360. The smallest absolute Gasteiger partial charge is 0.283 e. The highest BCUT2D eigenvalue weighted by Crippen LogP contribution is 2.37. The SMILES string of the molecule is COc1ccc(Cl)cc1-n1c(C)cc(C=C2C(=N)N3N=C(C4CCCCC4)SC3=NC2=O)c1C. The van der Waals surface area contributed by atoms with E-state index in [1.807, 2.05) is 36.6 Å². The Kier molecular flexibility index (Phi) is 6.12. The number of nitrogens with one attached hydrogen (secondary N) is 1. The Hall–Kier alpha value is -2.84. The molecule has 0 unspecified atom stereocenters. The van der Waals surface area contributed by atoms with Crippen LogP contribution >= 0.6 is 23.4 Å². The maximum absolute atomic E-state index is 12.9. The molecule has 0 atom stereocenters. The van der Waals surface area contributed by atoms with Gasteiger partial charge in [0, 0.05) is 22.3 Å². The van der Waals surface area contributed by atoms with Crippen LogP contribution in [-0.2, 0) is 4.79 Å². The van der Waals surface area contributed by atoms with Crippen LogP contribution in [0.4, 0.5) is 0 Å². The van der Waals surface area contributed by atoms with Gasteiger partial charge in [-0.1, -0.05) is 30.9 Å². The maximum atomic E-state index is 12.9. The lowest BCUT2D eigenvalue weighted by atomic mass is 9.90. The zero-order valence-electron chi connectivity index (χ0n) is 19.4. The number of hydrogen-bond donors (Lipinski definition) is 1. The van der Waals surface area contributed by atoms with Crippen molar-refractivity contribution < 1.29 is 9.53 Å². The average Bonchev–Trinajstić information content (AvgIpc) is 3.37. The van der Waals surface area contributed by atoms with Gasteiger partial charge in [-0.3, -0.25) is 10.2 Å². The first-order valence-electron chi connectivity index (χ1n) is 11.4. The molecule has 1 aromatic heterocycles. The number of amides is 1.